The largest absolute Gasteiger partial charge is 2.00 e. The second kappa shape index (κ2) is 14.9. The number of halogens is 1. The summed E-state index contributed by atoms with van der Waals surface area (Å²) in [6.07, 6.45) is 3.76. The number of aryl methyl sites for hydroxylation is 1. The van der Waals surface area contributed by atoms with Crippen molar-refractivity contribution < 1.29 is 31.6 Å². The van der Waals surface area contributed by atoms with Crippen LogP contribution in [-0.4, -0.2) is 55.6 Å². The van der Waals surface area contributed by atoms with Gasteiger partial charge in [0, 0.05) is 49.8 Å². The average Bonchev–Trinajstić information content (AvgIpc) is 3.05. The molecule has 13 heteroatoms. The first-order chi connectivity index (χ1) is 21.6. The van der Waals surface area contributed by atoms with Gasteiger partial charge in [0.2, 0.25) is 0 Å². The number of hydrogen-bond acceptors (Lipinski definition) is 9. The van der Waals surface area contributed by atoms with E-state index in [0.29, 0.717) is 34.6 Å². The summed E-state index contributed by atoms with van der Waals surface area (Å²) in [5.41, 5.74) is 4.73. The Morgan fingerprint density at radius 1 is 1.07 bits per heavy atom. The number of pyridine rings is 1. The van der Waals surface area contributed by atoms with Crippen LogP contribution >= 0.6 is 11.6 Å². The molecule has 4 heterocycles. The van der Waals surface area contributed by atoms with Crippen LogP contribution in [0.15, 0.2) is 64.4 Å². The van der Waals surface area contributed by atoms with E-state index in [1.165, 1.54) is 17.9 Å². The van der Waals surface area contributed by atoms with E-state index in [2.05, 4.69) is 27.2 Å². The maximum Gasteiger partial charge on any atom is 2.00 e. The predicted molar refractivity (Wildman–Crippen MR) is 175 cm³/mol. The fraction of sp³-hybridized carbons (Fsp3) is 0.242. The summed E-state index contributed by atoms with van der Waals surface area (Å²) in [6.45, 7) is 7.15. The molecule has 5 aromatic rings. The third kappa shape index (κ3) is 6.96. The quantitative estimate of drug-likeness (QED) is 0.201. The number of fused-ring (bicyclic) bond motifs is 1. The van der Waals surface area contributed by atoms with E-state index >= 15 is 0 Å². The Kier molecular flexibility index (Phi) is 11.3. The first-order valence-corrected chi connectivity index (χ1v) is 14.5. The first-order valence-electron chi connectivity index (χ1n) is 14.1. The van der Waals surface area contributed by atoms with Crippen molar-refractivity contribution >= 4 is 34.1 Å². The number of aliphatic hydroxyl groups excluding tert-OH is 1. The van der Waals surface area contributed by atoms with E-state index in [0.717, 1.165) is 45.5 Å². The van der Waals surface area contributed by atoms with Crippen LogP contribution in [0.25, 0.3) is 33.4 Å². The van der Waals surface area contributed by atoms with E-state index in [1.54, 1.807) is 14.2 Å². The zero-order chi connectivity index (χ0) is 32.2. The second-order valence-electron chi connectivity index (χ2n) is 10.4. The van der Waals surface area contributed by atoms with Gasteiger partial charge in [0.25, 0.3) is 5.56 Å². The third-order valence-corrected chi connectivity index (χ3v) is 7.92. The van der Waals surface area contributed by atoms with Crippen molar-refractivity contribution in [1.82, 2.24) is 24.1 Å². The van der Waals surface area contributed by atoms with Crippen LogP contribution in [-0.2, 0) is 35.9 Å². The molecule has 1 aliphatic rings. The van der Waals surface area contributed by atoms with Crippen LogP contribution < -0.4 is 21.3 Å². The molecule has 46 heavy (non-hydrogen) atoms. The molecule has 6 rings (SSSR count). The van der Waals surface area contributed by atoms with Crippen LogP contribution in [0.5, 0.6) is 5.88 Å². The van der Waals surface area contributed by atoms with E-state index in [-0.39, 0.29) is 34.2 Å². The Labute approximate surface area is 281 Å². The summed E-state index contributed by atoms with van der Waals surface area (Å²) in [5, 5.41) is 12.8. The molecule has 0 spiro atoms. The molecule has 1 aliphatic heterocycles. The van der Waals surface area contributed by atoms with Gasteiger partial charge in [-0.2, -0.15) is 19.4 Å². The predicted octanol–water partition coefficient (Wildman–Crippen LogP) is 4.62. The zero-order valence-electron chi connectivity index (χ0n) is 25.8. The van der Waals surface area contributed by atoms with Gasteiger partial charge in [0.05, 0.1) is 12.1 Å². The van der Waals surface area contributed by atoms with Gasteiger partial charge < -0.3 is 19.9 Å². The molecule has 1 atom stereocenters. The Bertz CT molecular complexity index is 1990. The first kappa shape index (κ1) is 34.7. The molecular formula is C33H33ClMnN6O5. The van der Waals surface area contributed by atoms with Crippen molar-refractivity contribution in [2.45, 2.75) is 19.4 Å². The SMILES string of the molecule is O[C@@H]1[CH-]CCOC1.[CH2-]c1ccc(-c2cccc(-c3cccc(Nc4ncnc5c4c(=O)n(C)c(=O)n5C)c3C)c2Cl)nc1OC.[Mn+2]. The number of ether oxygens (including phenoxy) is 2. The average molecular weight is 684 g/mol. The molecule has 2 aromatic carbocycles. The molecule has 11 nitrogen and oxygen atoms in total. The molecule has 0 saturated carbocycles. The topological polar surface area (TPSA) is 133 Å². The summed E-state index contributed by atoms with van der Waals surface area (Å²) < 4.78 is 12.6. The van der Waals surface area contributed by atoms with Gasteiger partial charge in [0.15, 0.2) is 5.65 Å². The smallest absolute Gasteiger partial charge is 0.537 e. The van der Waals surface area contributed by atoms with E-state index in [4.69, 9.17) is 26.2 Å². The van der Waals surface area contributed by atoms with Gasteiger partial charge in [-0.1, -0.05) is 48.0 Å². The number of benzene rings is 2. The Morgan fingerprint density at radius 3 is 2.46 bits per heavy atom. The number of aromatic nitrogens is 5. The summed E-state index contributed by atoms with van der Waals surface area (Å²) in [5.74, 6) is 0.739. The van der Waals surface area contributed by atoms with E-state index in [9.17, 15) is 9.59 Å². The van der Waals surface area contributed by atoms with Crippen molar-refractivity contribution in [3.8, 4) is 28.3 Å². The third-order valence-electron chi connectivity index (χ3n) is 7.51. The fourth-order valence-corrected chi connectivity index (χ4v) is 5.36. The Hall–Kier alpha value is -4.19. The molecular weight excluding hydrogens is 651 g/mol. The van der Waals surface area contributed by atoms with Gasteiger partial charge in [-0.25, -0.2) is 14.8 Å². The maximum atomic E-state index is 13.0. The number of rotatable bonds is 5. The van der Waals surface area contributed by atoms with Crippen LogP contribution in [0.4, 0.5) is 11.5 Å². The summed E-state index contributed by atoms with van der Waals surface area (Å²) in [7, 11) is 4.55. The normalized spacial score (nSPS) is 14.2. The minimum Gasteiger partial charge on any atom is -0.537 e. The van der Waals surface area contributed by atoms with Crippen molar-refractivity contribution in [1.29, 1.82) is 0 Å². The number of nitrogens with one attached hydrogen (secondary N) is 1. The van der Waals surface area contributed by atoms with Crippen molar-refractivity contribution in [2.75, 3.05) is 25.6 Å². The van der Waals surface area contributed by atoms with Gasteiger partial charge in [-0.05, 0) is 30.2 Å². The molecule has 1 radical (unpaired) electrons. The van der Waals surface area contributed by atoms with Crippen molar-refractivity contribution in [2.24, 2.45) is 14.1 Å². The van der Waals surface area contributed by atoms with Gasteiger partial charge >= 0.3 is 22.8 Å². The monoisotopic (exact) mass is 683 g/mol. The van der Waals surface area contributed by atoms with Crippen molar-refractivity contribution in [3.63, 3.8) is 0 Å². The molecule has 3 aromatic heterocycles. The minimum absolute atomic E-state index is 0. The summed E-state index contributed by atoms with van der Waals surface area (Å²) in [4.78, 5) is 38.4. The zero-order valence-corrected chi connectivity index (χ0v) is 27.7. The van der Waals surface area contributed by atoms with Crippen molar-refractivity contribution in [3.05, 3.63) is 105 Å². The van der Waals surface area contributed by atoms with Gasteiger partial charge in [-0.15, -0.1) is 5.56 Å². The molecule has 2 N–H and O–H groups in total. The number of anilines is 2. The number of nitrogens with zero attached hydrogens (tertiary/aromatic N) is 5. The Morgan fingerprint density at radius 2 is 1.78 bits per heavy atom. The summed E-state index contributed by atoms with van der Waals surface area (Å²) >= 11 is 6.93. The number of aliphatic hydroxyl groups is 1. The van der Waals surface area contributed by atoms with Crippen LogP contribution in [0.3, 0.4) is 0 Å². The molecule has 0 aliphatic carbocycles. The van der Waals surface area contributed by atoms with E-state index in [1.807, 2.05) is 61.9 Å². The van der Waals surface area contributed by atoms with Gasteiger partial charge in [-0.3, -0.25) is 25.3 Å². The molecule has 0 amide bonds. The fourth-order valence-electron chi connectivity index (χ4n) is 5.03. The maximum absolute atomic E-state index is 13.0. The van der Waals surface area contributed by atoms with E-state index < -0.39 is 11.2 Å². The van der Waals surface area contributed by atoms with Crippen LogP contribution in [0, 0.1) is 20.3 Å². The Balaban J connectivity index is 0.000000532. The summed E-state index contributed by atoms with van der Waals surface area (Å²) in [6, 6.07) is 15.2. The van der Waals surface area contributed by atoms with Crippen LogP contribution in [0.1, 0.15) is 17.5 Å². The molecule has 1 fully saturated rings. The van der Waals surface area contributed by atoms with Crippen LogP contribution in [0.2, 0.25) is 5.02 Å². The molecule has 0 unspecified atom stereocenters. The number of methoxy groups -OCH3 is 1. The molecule has 1 saturated heterocycles. The second-order valence-corrected chi connectivity index (χ2v) is 10.8. The van der Waals surface area contributed by atoms with Gasteiger partial charge in [0.1, 0.15) is 23.4 Å². The number of hydrogen-bond donors (Lipinski definition) is 2. The molecule has 0 bridgehead atoms. The standard InChI is InChI=1S/C28H24ClN6O3.C5H9O2.Mn/c1-15-12-13-21(33-26(15)38-5)19-10-6-9-18(23(19)29)17-8-7-11-20(16(17)2)32-24-22-25(31-14-30-24)34(3)28(37)35(4)27(22)36;6-5-2-1-3-7-4-5;/h6-14H,1H2,2-5H3,(H,30,31,32);2,5-6H,1,3-4H2;/q2*-1;+2/t;5-;/m.1./s1. The molecule has 239 valence electrons. The minimum atomic E-state index is -0.480.